The number of nitrogens with one attached hydrogen (secondary N) is 1. The van der Waals surface area contributed by atoms with Crippen molar-refractivity contribution in [1.82, 2.24) is 15.2 Å². The van der Waals surface area contributed by atoms with Crippen molar-refractivity contribution in [2.45, 2.75) is 26.3 Å². The number of amides is 1. The van der Waals surface area contributed by atoms with Crippen LogP contribution in [0.3, 0.4) is 0 Å². The summed E-state index contributed by atoms with van der Waals surface area (Å²) >= 11 is 0. The molecule has 3 rings (SSSR count). The third-order valence-corrected chi connectivity index (χ3v) is 4.69. The molecule has 1 amide bonds. The van der Waals surface area contributed by atoms with Crippen molar-refractivity contribution in [3.8, 4) is 0 Å². The second kappa shape index (κ2) is 8.21. The van der Waals surface area contributed by atoms with Crippen molar-refractivity contribution in [1.29, 1.82) is 0 Å². The predicted octanol–water partition coefficient (Wildman–Crippen LogP) is 2.71. The first-order valence-corrected chi connectivity index (χ1v) is 8.74. The van der Waals surface area contributed by atoms with E-state index < -0.39 is 0 Å². The van der Waals surface area contributed by atoms with Gasteiger partial charge in [-0.1, -0.05) is 18.2 Å². The van der Waals surface area contributed by atoms with Crippen LogP contribution in [0.25, 0.3) is 0 Å². The minimum absolute atomic E-state index is 0.0210. The molecule has 0 bridgehead atoms. The number of likely N-dealkylation sites (tertiary alicyclic amines) is 1. The summed E-state index contributed by atoms with van der Waals surface area (Å²) in [6.45, 7) is 4.44. The van der Waals surface area contributed by atoms with Crippen LogP contribution in [0.1, 0.15) is 23.2 Å². The lowest BCUT2D eigenvalue weighted by molar-refractivity contribution is -0.122. The second-order valence-corrected chi connectivity index (χ2v) is 6.78. The van der Waals surface area contributed by atoms with Crippen LogP contribution in [-0.4, -0.2) is 35.4 Å². The second-order valence-electron chi connectivity index (χ2n) is 6.78. The number of pyridine rings is 1. The summed E-state index contributed by atoms with van der Waals surface area (Å²) in [6, 6.07) is 11.1. The van der Waals surface area contributed by atoms with Crippen LogP contribution in [0.5, 0.6) is 0 Å². The maximum atomic E-state index is 13.7. The van der Waals surface area contributed by atoms with Crippen molar-refractivity contribution < 1.29 is 9.18 Å². The molecule has 2 heterocycles. The average molecular weight is 341 g/mol. The first kappa shape index (κ1) is 17.5. The summed E-state index contributed by atoms with van der Waals surface area (Å²) in [7, 11) is 0. The number of benzene rings is 1. The van der Waals surface area contributed by atoms with Gasteiger partial charge in [-0.3, -0.25) is 14.7 Å². The molecule has 1 unspecified atom stereocenters. The molecule has 1 aliphatic rings. The Bertz CT molecular complexity index is 720. The fraction of sp³-hybridized carbons (Fsp3) is 0.400. The topological polar surface area (TPSA) is 45.2 Å². The molecular formula is C20H24FN3O. The van der Waals surface area contributed by atoms with E-state index in [0.717, 1.165) is 37.2 Å². The molecule has 1 atom stereocenters. The van der Waals surface area contributed by atoms with Gasteiger partial charge in [-0.15, -0.1) is 0 Å². The average Bonchev–Trinajstić information content (AvgIpc) is 3.04. The molecule has 0 aliphatic carbocycles. The van der Waals surface area contributed by atoms with Gasteiger partial charge in [-0.25, -0.2) is 4.39 Å². The van der Waals surface area contributed by atoms with Crippen molar-refractivity contribution in [2.75, 3.05) is 19.6 Å². The Morgan fingerprint density at radius 1 is 1.36 bits per heavy atom. The molecule has 25 heavy (non-hydrogen) atoms. The van der Waals surface area contributed by atoms with Gasteiger partial charge in [0, 0.05) is 12.7 Å². The summed E-state index contributed by atoms with van der Waals surface area (Å²) < 4.78 is 13.7. The zero-order valence-electron chi connectivity index (χ0n) is 14.5. The molecule has 2 aromatic rings. The first-order valence-electron chi connectivity index (χ1n) is 8.74. The fourth-order valence-electron chi connectivity index (χ4n) is 3.27. The van der Waals surface area contributed by atoms with E-state index in [4.69, 9.17) is 0 Å². The van der Waals surface area contributed by atoms with Crippen molar-refractivity contribution in [2.24, 2.45) is 5.92 Å². The normalized spacial score (nSPS) is 17.6. The maximum Gasteiger partial charge on any atom is 0.234 e. The Hall–Kier alpha value is -2.27. The molecule has 1 aromatic heterocycles. The summed E-state index contributed by atoms with van der Waals surface area (Å²) in [6.07, 6.45) is 3.63. The van der Waals surface area contributed by atoms with Gasteiger partial charge in [0.1, 0.15) is 5.82 Å². The minimum Gasteiger partial charge on any atom is -0.349 e. The van der Waals surface area contributed by atoms with Crippen LogP contribution in [0, 0.1) is 18.7 Å². The van der Waals surface area contributed by atoms with E-state index in [2.05, 4.69) is 15.2 Å². The van der Waals surface area contributed by atoms with Gasteiger partial charge < -0.3 is 5.32 Å². The molecule has 0 saturated carbocycles. The predicted molar refractivity (Wildman–Crippen MR) is 95.5 cm³/mol. The lowest BCUT2D eigenvalue weighted by Crippen LogP contribution is -2.36. The van der Waals surface area contributed by atoms with Crippen LogP contribution in [-0.2, 0) is 17.8 Å². The van der Waals surface area contributed by atoms with E-state index >= 15 is 0 Å². The third kappa shape index (κ3) is 5.10. The highest BCUT2D eigenvalue weighted by atomic mass is 19.1. The molecule has 1 saturated heterocycles. The monoisotopic (exact) mass is 341 g/mol. The van der Waals surface area contributed by atoms with E-state index in [1.165, 1.54) is 0 Å². The van der Waals surface area contributed by atoms with Crippen LogP contribution >= 0.6 is 0 Å². The zero-order valence-corrected chi connectivity index (χ0v) is 14.5. The molecule has 1 fully saturated rings. The van der Waals surface area contributed by atoms with Gasteiger partial charge in [-0.2, -0.15) is 0 Å². The molecule has 1 aromatic carbocycles. The number of halogens is 1. The minimum atomic E-state index is -0.138. The van der Waals surface area contributed by atoms with Crippen molar-refractivity contribution >= 4 is 5.91 Å². The summed E-state index contributed by atoms with van der Waals surface area (Å²) in [4.78, 5) is 18.5. The Labute approximate surface area is 148 Å². The van der Waals surface area contributed by atoms with Gasteiger partial charge >= 0.3 is 0 Å². The van der Waals surface area contributed by atoms with E-state index in [-0.39, 0.29) is 11.7 Å². The van der Waals surface area contributed by atoms with E-state index in [9.17, 15) is 9.18 Å². The highest BCUT2D eigenvalue weighted by Crippen LogP contribution is 2.21. The summed E-state index contributed by atoms with van der Waals surface area (Å²) in [5.74, 6) is 0.361. The van der Waals surface area contributed by atoms with Gasteiger partial charge in [0.2, 0.25) is 5.91 Å². The van der Waals surface area contributed by atoms with E-state index in [0.29, 0.717) is 24.6 Å². The number of aromatic nitrogens is 1. The van der Waals surface area contributed by atoms with Crippen LogP contribution < -0.4 is 5.32 Å². The largest absolute Gasteiger partial charge is 0.349 e. The van der Waals surface area contributed by atoms with Gasteiger partial charge in [0.15, 0.2) is 0 Å². The summed E-state index contributed by atoms with van der Waals surface area (Å²) in [5, 5.41) is 2.91. The van der Waals surface area contributed by atoms with Crippen LogP contribution in [0.4, 0.5) is 4.39 Å². The number of hydrogen-bond donors (Lipinski definition) is 1. The summed E-state index contributed by atoms with van der Waals surface area (Å²) in [5.41, 5.74) is 2.58. The van der Waals surface area contributed by atoms with Crippen LogP contribution in [0.15, 0.2) is 42.6 Å². The molecule has 1 aliphatic heterocycles. The number of carbonyl (C=O) groups excluding carboxylic acids is 1. The van der Waals surface area contributed by atoms with Gasteiger partial charge in [0.05, 0.1) is 18.8 Å². The van der Waals surface area contributed by atoms with E-state index in [1.54, 1.807) is 19.2 Å². The van der Waals surface area contributed by atoms with Gasteiger partial charge in [0.25, 0.3) is 0 Å². The van der Waals surface area contributed by atoms with E-state index in [1.807, 2.05) is 30.3 Å². The lowest BCUT2D eigenvalue weighted by atomic mass is 9.98. The number of nitrogens with zero attached hydrogens (tertiary/aromatic N) is 2. The first-order chi connectivity index (χ1) is 12.1. The Kier molecular flexibility index (Phi) is 5.76. The molecular weight excluding hydrogens is 317 g/mol. The molecule has 1 N–H and O–H groups in total. The third-order valence-electron chi connectivity index (χ3n) is 4.69. The highest BCUT2D eigenvalue weighted by Gasteiger charge is 2.24. The molecule has 5 heteroatoms. The number of rotatable bonds is 6. The van der Waals surface area contributed by atoms with Crippen molar-refractivity contribution in [3.05, 3.63) is 65.2 Å². The molecule has 0 radical (unpaired) electrons. The van der Waals surface area contributed by atoms with Crippen molar-refractivity contribution in [3.63, 3.8) is 0 Å². The number of hydrogen-bond acceptors (Lipinski definition) is 3. The Morgan fingerprint density at radius 2 is 2.24 bits per heavy atom. The molecule has 4 nitrogen and oxygen atoms in total. The number of carbonyl (C=O) groups is 1. The smallest absolute Gasteiger partial charge is 0.234 e. The zero-order chi connectivity index (χ0) is 17.6. The molecule has 0 spiro atoms. The van der Waals surface area contributed by atoms with Crippen LogP contribution in [0.2, 0.25) is 0 Å². The Balaban J connectivity index is 1.43. The van der Waals surface area contributed by atoms with Gasteiger partial charge in [-0.05, 0) is 61.6 Å². The number of aryl methyl sites for hydroxylation is 1. The SMILES string of the molecule is Cc1ccc(CC2CCN(CC(=O)NCc3ccccn3)C2)cc1F. The fourth-order valence-corrected chi connectivity index (χ4v) is 3.27. The highest BCUT2D eigenvalue weighted by molar-refractivity contribution is 5.78. The Morgan fingerprint density at radius 3 is 3.00 bits per heavy atom. The lowest BCUT2D eigenvalue weighted by Gasteiger charge is -2.16. The standard InChI is InChI=1S/C20H24FN3O/c1-15-5-6-16(11-19(15)21)10-17-7-9-24(13-17)14-20(25)23-12-18-4-2-3-8-22-18/h2-6,8,11,17H,7,9-10,12-14H2,1H3,(H,23,25). The quantitative estimate of drug-likeness (QED) is 0.879. The molecule has 132 valence electrons. The maximum absolute atomic E-state index is 13.7.